The van der Waals surface area contributed by atoms with Gasteiger partial charge in [0.15, 0.2) is 0 Å². The Morgan fingerprint density at radius 1 is 1.31 bits per heavy atom. The van der Waals surface area contributed by atoms with E-state index in [4.69, 9.17) is 0 Å². The Bertz CT molecular complexity index is 256. The number of hydrogen-bond acceptors (Lipinski definition) is 0. The van der Waals surface area contributed by atoms with Crippen molar-refractivity contribution >= 4 is 0 Å². The van der Waals surface area contributed by atoms with Crippen molar-refractivity contribution in [1.82, 2.24) is 0 Å². The van der Waals surface area contributed by atoms with Crippen molar-refractivity contribution < 1.29 is 8.78 Å². The minimum atomic E-state index is -1.19. The second kappa shape index (κ2) is 3.24. The average molecular weight is 186 g/mol. The highest BCUT2D eigenvalue weighted by atomic mass is 19.1. The zero-order chi connectivity index (χ0) is 10.2. The van der Waals surface area contributed by atoms with E-state index in [0.717, 1.165) is 0 Å². The predicted molar refractivity (Wildman–Crippen MR) is 50.8 cm³/mol. The third kappa shape index (κ3) is 2.17. The van der Waals surface area contributed by atoms with Crippen LogP contribution in [0, 0.1) is 11.3 Å². The fourth-order valence-corrected chi connectivity index (χ4v) is 1.75. The number of allylic oxidation sites excluding steroid dienone is 4. The molecular weight excluding hydrogens is 170 g/mol. The molecule has 74 valence electrons. The maximum absolute atomic E-state index is 13.5. The summed E-state index contributed by atoms with van der Waals surface area (Å²) < 4.78 is 26.9. The highest BCUT2D eigenvalue weighted by molar-refractivity contribution is 5.29. The third-order valence-corrected chi connectivity index (χ3v) is 2.34. The zero-order valence-electron chi connectivity index (χ0n) is 8.57. The van der Waals surface area contributed by atoms with Crippen LogP contribution < -0.4 is 0 Å². The molecule has 0 saturated heterocycles. The largest absolute Gasteiger partial charge is 0.242 e. The van der Waals surface area contributed by atoms with Gasteiger partial charge in [0.1, 0.15) is 12.0 Å². The van der Waals surface area contributed by atoms with Crippen molar-refractivity contribution in [2.24, 2.45) is 11.3 Å². The summed E-state index contributed by atoms with van der Waals surface area (Å²) in [4.78, 5) is 0. The zero-order valence-corrected chi connectivity index (χ0v) is 8.57. The molecule has 2 heteroatoms. The summed E-state index contributed by atoms with van der Waals surface area (Å²) in [6, 6.07) is 0. The van der Waals surface area contributed by atoms with Crippen LogP contribution in [0.4, 0.5) is 8.78 Å². The van der Waals surface area contributed by atoms with E-state index in [1.807, 2.05) is 20.8 Å². The molecule has 0 aromatic carbocycles. The molecular formula is C11H16F2. The quantitative estimate of drug-likeness (QED) is 0.539. The maximum Gasteiger partial charge on any atom is 0.128 e. The smallest absolute Gasteiger partial charge is 0.128 e. The summed E-state index contributed by atoms with van der Waals surface area (Å²) in [5, 5.41) is 0. The normalized spacial score (nSPS) is 29.7. The lowest BCUT2D eigenvalue weighted by Crippen LogP contribution is -2.30. The second-order valence-corrected chi connectivity index (χ2v) is 4.73. The molecule has 0 nitrogen and oxygen atoms in total. The molecule has 13 heavy (non-hydrogen) atoms. The Morgan fingerprint density at radius 2 is 1.85 bits per heavy atom. The number of hydrogen-bond donors (Lipinski definition) is 0. The van der Waals surface area contributed by atoms with Crippen molar-refractivity contribution in [1.29, 1.82) is 0 Å². The monoisotopic (exact) mass is 186 g/mol. The van der Waals surface area contributed by atoms with Crippen LogP contribution >= 0.6 is 0 Å². The summed E-state index contributed by atoms with van der Waals surface area (Å²) in [7, 11) is 0. The molecule has 0 aromatic rings. The van der Waals surface area contributed by atoms with E-state index in [1.165, 1.54) is 12.2 Å². The first-order valence-electron chi connectivity index (χ1n) is 4.52. The maximum atomic E-state index is 13.5. The van der Waals surface area contributed by atoms with Crippen molar-refractivity contribution in [2.45, 2.75) is 33.9 Å². The fourth-order valence-electron chi connectivity index (χ4n) is 1.75. The second-order valence-electron chi connectivity index (χ2n) is 4.73. The van der Waals surface area contributed by atoms with Gasteiger partial charge in [0.25, 0.3) is 0 Å². The highest BCUT2D eigenvalue weighted by Gasteiger charge is 2.36. The molecule has 0 spiro atoms. The lowest BCUT2D eigenvalue weighted by atomic mass is 9.75. The molecule has 0 saturated carbocycles. The highest BCUT2D eigenvalue weighted by Crippen LogP contribution is 2.40. The van der Waals surface area contributed by atoms with Crippen molar-refractivity contribution in [2.75, 3.05) is 0 Å². The fraction of sp³-hybridized carbons (Fsp3) is 0.636. The molecule has 0 N–H and O–H groups in total. The summed E-state index contributed by atoms with van der Waals surface area (Å²) in [5.41, 5.74) is 0.308. The Labute approximate surface area is 78.3 Å². The van der Waals surface area contributed by atoms with Gasteiger partial charge in [-0.25, -0.2) is 8.78 Å². The molecule has 2 unspecified atom stereocenters. The van der Waals surface area contributed by atoms with E-state index in [1.54, 1.807) is 6.92 Å². The molecule has 1 aliphatic carbocycles. The van der Waals surface area contributed by atoms with Crippen molar-refractivity contribution in [3.8, 4) is 0 Å². The van der Waals surface area contributed by atoms with Crippen molar-refractivity contribution in [3.63, 3.8) is 0 Å². The van der Waals surface area contributed by atoms with Gasteiger partial charge in [0, 0.05) is 0 Å². The summed E-state index contributed by atoms with van der Waals surface area (Å²) in [6.07, 6.45) is 1.72. The molecule has 0 fully saturated rings. The lowest BCUT2D eigenvalue weighted by molar-refractivity contribution is 0.151. The summed E-state index contributed by atoms with van der Waals surface area (Å²) in [6.45, 7) is 7.27. The first kappa shape index (κ1) is 10.4. The van der Waals surface area contributed by atoms with E-state index in [0.29, 0.717) is 5.57 Å². The molecule has 0 bridgehead atoms. The van der Waals surface area contributed by atoms with Gasteiger partial charge in [0.2, 0.25) is 0 Å². The van der Waals surface area contributed by atoms with Gasteiger partial charge >= 0.3 is 0 Å². The van der Waals surface area contributed by atoms with Crippen LogP contribution in [0.2, 0.25) is 0 Å². The lowest BCUT2D eigenvalue weighted by Gasteiger charge is -2.33. The Morgan fingerprint density at radius 3 is 2.23 bits per heavy atom. The minimum Gasteiger partial charge on any atom is -0.242 e. The van der Waals surface area contributed by atoms with Crippen LogP contribution in [-0.4, -0.2) is 6.17 Å². The molecule has 0 heterocycles. The van der Waals surface area contributed by atoms with Crippen molar-refractivity contribution in [3.05, 3.63) is 23.6 Å². The summed E-state index contributed by atoms with van der Waals surface area (Å²) in [5.74, 6) is -0.962. The molecule has 2 atom stereocenters. The minimum absolute atomic E-state index is 0.333. The van der Waals surface area contributed by atoms with E-state index >= 15 is 0 Å². The number of rotatable bonds is 0. The van der Waals surface area contributed by atoms with Gasteiger partial charge in [-0.05, 0) is 30.1 Å². The van der Waals surface area contributed by atoms with Crippen LogP contribution in [0.15, 0.2) is 23.6 Å². The van der Waals surface area contributed by atoms with Crippen LogP contribution in [0.5, 0.6) is 0 Å². The van der Waals surface area contributed by atoms with Crippen LogP contribution in [0.1, 0.15) is 27.7 Å². The van der Waals surface area contributed by atoms with Crippen LogP contribution in [0.25, 0.3) is 0 Å². The average Bonchev–Trinajstić information content (AvgIpc) is 1.78. The van der Waals surface area contributed by atoms with Gasteiger partial charge in [0.05, 0.1) is 5.92 Å². The van der Waals surface area contributed by atoms with Gasteiger partial charge in [-0.15, -0.1) is 0 Å². The first-order chi connectivity index (χ1) is 5.82. The third-order valence-electron chi connectivity index (χ3n) is 2.34. The Balaban J connectivity index is 2.97. The van der Waals surface area contributed by atoms with E-state index in [2.05, 4.69) is 0 Å². The van der Waals surface area contributed by atoms with Crippen LogP contribution in [-0.2, 0) is 0 Å². The summed E-state index contributed by atoms with van der Waals surface area (Å²) >= 11 is 0. The van der Waals surface area contributed by atoms with Gasteiger partial charge < -0.3 is 0 Å². The SMILES string of the molecule is CC1=CC(F)C(C(C)(C)C)C(F)=C1. The molecule has 1 rings (SSSR count). The Hall–Kier alpha value is -0.660. The van der Waals surface area contributed by atoms with E-state index < -0.39 is 12.1 Å². The van der Waals surface area contributed by atoms with E-state index in [-0.39, 0.29) is 11.2 Å². The molecule has 0 aromatic heterocycles. The van der Waals surface area contributed by atoms with Gasteiger partial charge in [-0.2, -0.15) is 0 Å². The van der Waals surface area contributed by atoms with Gasteiger partial charge in [-0.1, -0.05) is 20.8 Å². The topological polar surface area (TPSA) is 0 Å². The standard InChI is InChI=1S/C11H16F2/c1-7-5-8(12)10(9(13)6-7)11(2,3)4/h5-6,8,10H,1-4H3. The first-order valence-corrected chi connectivity index (χ1v) is 4.52. The Kier molecular flexibility index (Phi) is 2.60. The van der Waals surface area contributed by atoms with Gasteiger partial charge in [-0.3, -0.25) is 0 Å². The molecule has 0 aliphatic heterocycles. The molecule has 0 radical (unpaired) electrons. The van der Waals surface area contributed by atoms with Crippen LogP contribution in [0.3, 0.4) is 0 Å². The molecule has 1 aliphatic rings. The van der Waals surface area contributed by atoms with E-state index in [9.17, 15) is 8.78 Å². The molecule has 0 amide bonds. The number of halogens is 2. The number of alkyl halides is 1. The predicted octanol–water partition coefficient (Wildman–Crippen LogP) is 3.80.